The van der Waals surface area contributed by atoms with E-state index >= 15 is 0 Å². The molecule has 1 atom stereocenters. The highest BCUT2D eigenvalue weighted by Gasteiger charge is 2.25. The predicted octanol–water partition coefficient (Wildman–Crippen LogP) is 3.86. The van der Waals surface area contributed by atoms with Gasteiger partial charge in [-0.25, -0.2) is 8.42 Å². The van der Waals surface area contributed by atoms with Crippen LogP contribution in [0.2, 0.25) is 5.02 Å². The van der Waals surface area contributed by atoms with Gasteiger partial charge in [0.15, 0.2) is 0 Å². The molecule has 24 heavy (non-hydrogen) atoms. The minimum absolute atomic E-state index is 0.0175. The van der Waals surface area contributed by atoms with E-state index in [1.165, 1.54) is 12.1 Å². The van der Waals surface area contributed by atoms with Gasteiger partial charge < -0.3 is 9.47 Å². The molecule has 7 heteroatoms. The van der Waals surface area contributed by atoms with Crippen LogP contribution in [0.25, 0.3) is 0 Å². The molecule has 1 N–H and O–H groups in total. The molecule has 128 valence electrons. The van der Waals surface area contributed by atoms with Crippen molar-refractivity contribution in [2.75, 3.05) is 11.3 Å². The number of benzene rings is 2. The number of rotatable bonds is 5. The molecule has 0 saturated heterocycles. The number of halogens is 1. The minimum atomic E-state index is -3.83. The van der Waals surface area contributed by atoms with Crippen LogP contribution in [-0.4, -0.2) is 21.1 Å². The summed E-state index contributed by atoms with van der Waals surface area (Å²) in [7, 11) is -3.83. The van der Waals surface area contributed by atoms with Crippen molar-refractivity contribution in [2.24, 2.45) is 0 Å². The zero-order valence-electron chi connectivity index (χ0n) is 13.4. The molecule has 1 heterocycles. The topological polar surface area (TPSA) is 64.6 Å². The molecule has 1 unspecified atom stereocenters. The van der Waals surface area contributed by atoms with Gasteiger partial charge in [0.1, 0.15) is 22.5 Å². The standard InChI is InChI=1S/C17H18ClNO4S/c1-3-22-16-9-12-8-11(2)23-15(12)10-14(16)19-24(20,21)17-7-5-4-6-13(17)18/h4-7,9-11,19H,3,8H2,1-2H3. The molecule has 3 rings (SSSR count). The maximum atomic E-state index is 12.7. The van der Waals surface area contributed by atoms with E-state index in [-0.39, 0.29) is 16.0 Å². The van der Waals surface area contributed by atoms with Gasteiger partial charge in [-0.15, -0.1) is 0 Å². The Labute approximate surface area is 146 Å². The Morgan fingerprint density at radius 3 is 2.79 bits per heavy atom. The van der Waals surface area contributed by atoms with Crippen LogP contribution < -0.4 is 14.2 Å². The third-order valence-corrected chi connectivity index (χ3v) is 5.53. The second-order valence-corrected chi connectivity index (χ2v) is 7.62. The summed E-state index contributed by atoms with van der Waals surface area (Å²) in [4.78, 5) is 0.0175. The quantitative estimate of drug-likeness (QED) is 0.871. The van der Waals surface area contributed by atoms with E-state index in [0.29, 0.717) is 23.8 Å². The van der Waals surface area contributed by atoms with Crippen molar-refractivity contribution < 1.29 is 17.9 Å². The molecule has 0 aromatic heterocycles. The lowest BCUT2D eigenvalue weighted by molar-refractivity contribution is 0.254. The van der Waals surface area contributed by atoms with Gasteiger partial charge in [-0.05, 0) is 32.0 Å². The van der Waals surface area contributed by atoms with E-state index in [2.05, 4.69) is 4.72 Å². The zero-order chi connectivity index (χ0) is 17.3. The van der Waals surface area contributed by atoms with Crippen LogP contribution in [-0.2, 0) is 16.4 Å². The fourth-order valence-corrected chi connectivity index (χ4v) is 4.24. The Balaban J connectivity index is 2.00. The number of anilines is 1. The fourth-order valence-electron chi connectivity index (χ4n) is 2.66. The summed E-state index contributed by atoms with van der Waals surface area (Å²) in [5.41, 5.74) is 1.34. The molecular weight excluding hydrogens is 350 g/mol. The summed E-state index contributed by atoms with van der Waals surface area (Å²) in [6, 6.07) is 9.78. The first-order valence-corrected chi connectivity index (χ1v) is 9.50. The SMILES string of the molecule is CCOc1cc2c(cc1NS(=O)(=O)c1ccccc1Cl)OC(C)C2. The number of hydrogen-bond donors (Lipinski definition) is 1. The molecular formula is C17H18ClNO4S. The van der Waals surface area contributed by atoms with Crippen molar-refractivity contribution in [2.45, 2.75) is 31.3 Å². The zero-order valence-corrected chi connectivity index (χ0v) is 14.9. The predicted molar refractivity (Wildman–Crippen MR) is 93.7 cm³/mol. The average Bonchev–Trinajstić information content (AvgIpc) is 2.86. The van der Waals surface area contributed by atoms with Gasteiger partial charge in [-0.2, -0.15) is 0 Å². The van der Waals surface area contributed by atoms with E-state index in [0.717, 1.165) is 12.0 Å². The number of hydrogen-bond acceptors (Lipinski definition) is 4. The first-order valence-electron chi connectivity index (χ1n) is 7.64. The second kappa shape index (κ2) is 6.53. The number of ether oxygens (including phenoxy) is 2. The molecule has 5 nitrogen and oxygen atoms in total. The van der Waals surface area contributed by atoms with Crippen LogP contribution in [0.3, 0.4) is 0 Å². The summed E-state index contributed by atoms with van der Waals surface area (Å²) in [6.07, 6.45) is 0.831. The molecule has 2 aromatic rings. The van der Waals surface area contributed by atoms with E-state index < -0.39 is 10.0 Å². The maximum Gasteiger partial charge on any atom is 0.263 e. The average molecular weight is 368 g/mol. The van der Waals surface area contributed by atoms with E-state index in [9.17, 15) is 8.42 Å². The summed E-state index contributed by atoms with van der Waals surface area (Å²) in [5, 5.41) is 0.161. The van der Waals surface area contributed by atoms with Gasteiger partial charge in [-0.3, -0.25) is 4.72 Å². The lowest BCUT2D eigenvalue weighted by atomic mass is 10.1. The summed E-state index contributed by atoms with van der Waals surface area (Å²) in [6.45, 7) is 4.24. The van der Waals surface area contributed by atoms with Crippen LogP contribution >= 0.6 is 11.6 Å². The molecule has 0 amide bonds. The molecule has 0 fully saturated rings. The van der Waals surface area contributed by atoms with Gasteiger partial charge in [0, 0.05) is 18.1 Å². The molecule has 2 aromatic carbocycles. The fraction of sp³-hybridized carbons (Fsp3) is 0.294. The second-order valence-electron chi connectivity index (χ2n) is 5.56. The van der Waals surface area contributed by atoms with Gasteiger partial charge >= 0.3 is 0 Å². The maximum absolute atomic E-state index is 12.7. The van der Waals surface area contributed by atoms with Crippen LogP contribution in [0.15, 0.2) is 41.3 Å². The smallest absolute Gasteiger partial charge is 0.263 e. The monoisotopic (exact) mass is 367 g/mol. The van der Waals surface area contributed by atoms with Crippen molar-refractivity contribution in [1.82, 2.24) is 0 Å². The molecule has 1 aliphatic heterocycles. The Kier molecular flexibility index (Phi) is 4.60. The first-order chi connectivity index (χ1) is 11.4. The number of fused-ring (bicyclic) bond motifs is 1. The van der Waals surface area contributed by atoms with Gasteiger partial charge in [0.05, 0.1) is 17.3 Å². The summed E-state index contributed by atoms with van der Waals surface area (Å²) >= 11 is 6.01. The van der Waals surface area contributed by atoms with Crippen molar-refractivity contribution in [1.29, 1.82) is 0 Å². The normalized spacial score (nSPS) is 16.4. The van der Waals surface area contributed by atoms with E-state index in [1.54, 1.807) is 18.2 Å². The van der Waals surface area contributed by atoms with Crippen molar-refractivity contribution in [3.05, 3.63) is 47.0 Å². The lowest BCUT2D eigenvalue weighted by Crippen LogP contribution is -2.14. The van der Waals surface area contributed by atoms with Crippen LogP contribution in [0.4, 0.5) is 5.69 Å². The molecule has 0 aliphatic carbocycles. The molecule has 0 bridgehead atoms. The third kappa shape index (κ3) is 3.30. The molecule has 0 radical (unpaired) electrons. The summed E-state index contributed by atoms with van der Waals surface area (Å²) in [5.74, 6) is 1.15. The van der Waals surface area contributed by atoms with Gasteiger partial charge in [0.2, 0.25) is 0 Å². The van der Waals surface area contributed by atoms with Crippen LogP contribution in [0, 0.1) is 0 Å². The minimum Gasteiger partial charge on any atom is -0.492 e. The van der Waals surface area contributed by atoms with Crippen molar-refractivity contribution in [3.8, 4) is 11.5 Å². The van der Waals surface area contributed by atoms with Gasteiger partial charge in [0.25, 0.3) is 10.0 Å². The Hall–Kier alpha value is -1.92. The highest BCUT2D eigenvalue weighted by Crippen LogP contribution is 2.39. The highest BCUT2D eigenvalue weighted by atomic mass is 35.5. The van der Waals surface area contributed by atoms with E-state index in [4.69, 9.17) is 21.1 Å². The molecule has 0 saturated carbocycles. The van der Waals surface area contributed by atoms with Gasteiger partial charge in [-0.1, -0.05) is 23.7 Å². The number of nitrogens with one attached hydrogen (secondary N) is 1. The molecule has 1 aliphatic rings. The van der Waals surface area contributed by atoms with E-state index in [1.807, 2.05) is 19.9 Å². The largest absolute Gasteiger partial charge is 0.492 e. The first kappa shape index (κ1) is 16.9. The van der Waals surface area contributed by atoms with Crippen LogP contribution in [0.5, 0.6) is 11.5 Å². The Morgan fingerprint density at radius 2 is 2.08 bits per heavy atom. The van der Waals surface area contributed by atoms with Crippen molar-refractivity contribution >= 4 is 27.3 Å². The van der Waals surface area contributed by atoms with Crippen LogP contribution in [0.1, 0.15) is 19.4 Å². The third-order valence-electron chi connectivity index (χ3n) is 3.67. The molecule has 0 spiro atoms. The highest BCUT2D eigenvalue weighted by molar-refractivity contribution is 7.92. The Bertz CT molecular complexity index is 867. The summed E-state index contributed by atoms with van der Waals surface area (Å²) < 4.78 is 39.2. The Morgan fingerprint density at radius 1 is 1.33 bits per heavy atom. The lowest BCUT2D eigenvalue weighted by Gasteiger charge is -2.15. The number of sulfonamides is 1. The van der Waals surface area contributed by atoms with Crippen molar-refractivity contribution in [3.63, 3.8) is 0 Å².